The standard InChI is InChI=1S/C28H32N6O/c1-18-14-19(2)23-16-24(28(35)29-25(23)15-18)26(33-13-12-20-8-6-7-9-21(20)17-33)27-30-31-32-34(27)22-10-4-3-5-11-22/h6-9,14-16,22,26H,3-5,10-13,17H2,1-2H3,(H,29,35)/t26-/m0/s1. The Morgan fingerprint density at radius 1 is 1.03 bits per heavy atom. The third-order valence-electron chi connectivity index (χ3n) is 7.84. The van der Waals surface area contributed by atoms with E-state index in [-0.39, 0.29) is 17.6 Å². The van der Waals surface area contributed by atoms with E-state index in [1.54, 1.807) is 0 Å². The lowest BCUT2D eigenvalue weighted by Gasteiger charge is -2.35. The molecule has 2 aliphatic rings. The molecule has 0 bridgehead atoms. The minimum atomic E-state index is -0.311. The Morgan fingerprint density at radius 3 is 2.66 bits per heavy atom. The Balaban J connectivity index is 1.51. The molecule has 1 aliphatic heterocycles. The van der Waals surface area contributed by atoms with Gasteiger partial charge in [-0.15, -0.1) is 5.10 Å². The van der Waals surface area contributed by atoms with E-state index in [1.165, 1.54) is 30.4 Å². The summed E-state index contributed by atoms with van der Waals surface area (Å²) in [5.74, 6) is 0.783. The van der Waals surface area contributed by atoms with E-state index < -0.39 is 0 Å². The van der Waals surface area contributed by atoms with Gasteiger partial charge in [0.2, 0.25) is 0 Å². The molecule has 180 valence electrons. The summed E-state index contributed by atoms with van der Waals surface area (Å²) >= 11 is 0. The molecule has 0 amide bonds. The highest BCUT2D eigenvalue weighted by Crippen LogP contribution is 2.35. The molecule has 4 aromatic rings. The van der Waals surface area contributed by atoms with Crippen LogP contribution in [0, 0.1) is 13.8 Å². The zero-order chi connectivity index (χ0) is 23.9. The van der Waals surface area contributed by atoms with Crippen LogP contribution in [0.15, 0.2) is 47.3 Å². The molecule has 35 heavy (non-hydrogen) atoms. The van der Waals surface area contributed by atoms with Crippen molar-refractivity contribution in [1.29, 1.82) is 0 Å². The molecule has 0 unspecified atom stereocenters. The number of aromatic nitrogens is 5. The Hall–Kier alpha value is -3.32. The highest BCUT2D eigenvalue weighted by molar-refractivity contribution is 5.83. The molecule has 1 aliphatic carbocycles. The molecule has 6 rings (SSSR count). The van der Waals surface area contributed by atoms with Crippen molar-refractivity contribution in [1.82, 2.24) is 30.1 Å². The normalized spacial score (nSPS) is 18.0. The molecule has 1 saturated carbocycles. The predicted octanol–water partition coefficient (Wildman–Crippen LogP) is 4.78. The van der Waals surface area contributed by atoms with Gasteiger partial charge in [0.15, 0.2) is 5.82 Å². The lowest BCUT2D eigenvalue weighted by molar-refractivity contribution is 0.187. The largest absolute Gasteiger partial charge is 0.322 e. The second-order valence-corrected chi connectivity index (χ2v) is 10.3. The highest BCUT2D eigenvalue weighted by Gasteiger charge is 2.34. The van der Waals surface area contributed by atoms with Gasteiger partial charge in [-0.3, -0.25) is 9.69 Å². The van der Waals surface area contributed by atoms with E-state index in [0.29, 0.717) is 0 Å². The van der Waals surface area contributed by atoms with Crippen LogP contribution in [-0.2, 0) is 13.0 Å². The van der Waals surface area contributed by atoms with Gasteiger partial charge in [0, 0.05) is 29.6 Å². The van der Waals surface area contributed by atoms with Crippen LogP contribution in [0.3, 0.4) is 0 Å². The number of benzene rings is 2. The fourth-order valence-electron chi connectivity index (χ4n) is 6.10. The van der Waals surface area contributed by atoms with Gasteiger partial charge >= 0.3 is 0 Å². The van der Waals surface area contributed by atoms with E-state index in [4.69, 9.17) is 0 Å². The second kappa shape index (κ2) is 9.04. The van der Waals surface area contributed by atoms with E-state index >= 15 is 0 Å². The quantitative estimate of drug-likeness (QED) is 0.466. The summed E-state index contributed by atoms with van der Waals surface area (Å²) in [6.45, 7) is 5.78. The molecule has 1 N–H and O–H groups in total. The number of hydrogen-bond acceptors (Lipinski definition) is 5. The fraction of sp³-hybridized carbons (Fsp3) is 0.429. The van der Waals surface area contributed by atoms with Crippen molar-refractivity contribution in [2.45, 2.75) is 71.0 Å². The zero-order valence-electron chi connectivity index (χ0n) is 20.5. The molecular formula is C28H32N6O. The predicted molar refractivity (Wildman–Crippen MR) is 136 cm³/mol. The summed E-state index contributed by atoms with van der Waals surface area (Å²) in [5, 5.41) is 14.2. The minimum absolute atomic E-state index is 0.0652. The van der Waals surface area contributed by atoms with Crippen LogP contribution in [0.25, 0.3) is 10.9 Å². The van der Waals surface area contributed by atoms with Gasteiger partial charge in [-0.05, 0) is 77.9 Å². The number of pyridine rings is 1. The Labute approximate surface area is 205 Å². The molecule has 2 aromatic heterocycles. The number of fused-ring (bicyclic) bond motifs is 2. The third kappa shape index (κ3) is 4.08. The topological polar surface area (TPSA) is 79.7 Å². The lowest BCUT2D eigenvalue weighted by atomic mass is 9.93. The van der Waals surface area contributed by atoms with Crippen molar-refractivity contribution in [3.05, 3.63) is 86.5 Å². The molecule has 1 atom stereocenters. The van der Waals surface area contributed by atoms with Gasteiger partial charge in [0.25, 0.3) is 5.56 Å². The third-order valence-corrected chi connectivity index (χ3v) is 7.84. The molecule has 1 fully saturated rings. The van der Waals surface area contributed by atoms with Crippen molar-refractivity contribution in [2.75, 3.05) is 6.54 Å². The van der Waals surface area contributed by atoms with E-state index in [2.05, 4.69) is 75.7 Å². The maximum Gasteiger partial charge on any atom is 0.253 e. The molecule has 7 nitrogen and oxygen atoms in total. The molecule has 2 aromatic carbocycles. The first kappa shape index (κ1) is 22.2. The van der Waals surface area contributed by atoms with Crippen molar-refractivity contribution in [3.63, 3.8) is 0 Å². The zero-order valence-corrected chi connectivity index (χ0v) is 20.5. The SMILES string of the molecule is Cc1cc(C)c2cc([C@@H](c3nnnn3C3CCCCC3)N3CCc4ccccc4C3)c(=O)[nH]c2c1. The number of H-pyrrole nitrogens is 1. The lowest BCUT2D eigenvalue weighted by Crippen LogP contribution is -2.39. The average molecular weight is 469 g/mol. The van der Waals surface area contributed by atoms with Crippen LogP contribution < -0.4 is 5.56 Å². The second-order valence-electron chi connectivity index (χ2n) is 10.3. The summed E-state index contributed by atoms with van der Waals surface area (Å²) in [6.07, 6.45) is 6.77. The van der Waals surface area contributed by atoms with Crippen LogP contribution in [0.1, 0.15) is 77.8 Å². The molecular weight excluding hydrogens is 436 g/mol. The smallest absolute Gasteiger partial charge is 0.253 e. The molecule has 3 heterocycles. The molecule has 0 radical (unpaired) electrons. The number of hydrogen-bond donors (Lipinski definition) is 1. The minimum Gasteiger partial charge on any atom is -0.322 e. The summed E-state index contributed by atoms with van der Waals surface area (Å²) in [7, 11) is 0. The monoisotopic (exact) mass is 468 g/mol. The first-order valence-corrected chi connectivity index (χ1v) is 12.8. The molecule has 0 spiro atoms. The number of nitrogens with one attached hydrogen (secondary N) is 1. The van der Waals surface area contributed by atoms with Crippen LogP contribution in [0.4, 0.5) is 0 Å². The Kier molecular flexibility index (Phi) is 5.72. The molecule has 7 heteroatoms. The maximum atomic E-state index is 13.6. The first-order chi connectivity index (χ1) is 17.1. The van der Waals surface area contributed by atoms with Gasteiger partial charge in [-0.1, -0.05) is 49.6 Å². The van der Waals surface area contributed by atoms with E-state index in [1.807, 2.05) is 10.7 Å². The van der Waals surface area contributed by atoms with Gasteiger partial charge in [0.1, 0.15) is 6.04 Å². The summed E-state index contributed by atoms with van der Waals surface area (Å²) < 4.78 is 2.02. The highest BCUT2D eigenvalue weighted by atomic mass is 16.1. The van der Waals surface area contributed by atoms with Crippen LogP contribution >= 0.6 is 0 Å². The first-order valence-electron chi connectivity index (χ1n) is 12.8. The van der Waals surface area contributed by atoms with Crippen LogP contribution in [0.2, 0.25) is 0 Å². The number of nitrogens with zero attached hydrogens (tertiary/aromatic N) is 5. The summed E-state index contributed by atoms with van der Waals surface area (Å²) in [5.41, 5.74) is 6.53. The van der Waals surface area contributed by atoms with Gasteiger partial charge in [-0.2, -0.15) is 0 Å². The van der Waals surface area contributed by atoms with Crippen molar-refractivity contribution in [3.8, 4) is 0 Å². The van der Waals surface area contributed by atoms with Gasteiger partial charge < -0.3 is 4.98 Å². The van der Waals surface area contributed by atoms with Gasteiger partial charge in [-0.25, -0.2) is 4.68 Å². The number of tetrazole rings is 1. The Bertz CT molecular complexity index is 1430. The van der Waals surface area contributed by atoms with Crippen molar-refractivity contribution in [2.24, 2.45) is 0 Å². The van der Waals surface area contributed by atoms with Crippen molar-refractivity contribution >= 4 is 10.9 Å². The van der Waals surface area contributed by atoms with Crippen LogP contribution in [-0.4, -0.2) is 36.6 Å². The summed E-state index contributed by atoms with van der Waals surface area (Å²) in [6, 6.07) is 14.9. The van der Waals surface area contributed by atoms with Crippen LogP contribution in [0.5, 0.6) is 0 Å². The van der Waals surface area contributed by atoms with Crippen molar-refractivity contribution < 1.29 is 0 Å². The Morgan fingerprint density at radius 2 is 1.83 bits per heavy atom. The van der Waals surface area contributed by atoms with E-state index in [0.717, 1.165) is 65.8 Å². The number of aromatic amines is 1. The number of rotatable bonds is 4. The maximum absolute atomic E-state index is 13.6. The summed E-state index contributed by atoms with van der Waals surface area (Å²) in [4.78, 5) is 19.2. The molecule has 0 saturated heterocycles. The van der Waals surface area contributed by atoms with Gasteiger partial charge in [0.05, 0.1) is 6.04 Å². The average Bonchev–Trinajstić information content (AvgIpc) is 3.34. The fourth-order valence-corrected chi connectivity index (χ4v) is 6.10. The van der Waals surface area contributed by atoms with E-state index in [9.17, 15) is 4.79 Å². The number of aryl methyl sites for hydroxylation is 2.